The normalized spacial score (nSPS) is 22.9. The maximum Gasteiger partial charge on any atom is 0.200 e. The molecule has 0 saturated carbocycles. The van der Waals surface area contributed by atoms with E-state index in [0.29, 0.717) is 11.1 Å². The van der Waals surface area contributed by atoms with Gasteiger partial charge in [0.25, 0.3) is 0 Å². The molecule has 3 rings (SSSR count). The van der Waals surface area contributed by atoms with Gasteiger partial charge in [-0.15, -0.1) is 0 Å². The van der Waals surface area contributed by atoms with Gasteiger partial charge < -0.3 is 44.1 Å². The van der Waals surface area contributed by atoms with Crippen molar-refractivity contribution in [1.29, 1.82) is 0 Å². The Balaban J connectivity index is 2.07. The molecule has 0 bridgehead atoms. The smallest absolute Gasteiger partial charge is 0.200 e. The van der Waals surface area contributed by atoms with Crippen LogP contribution in [-0.2, 0) is 4.74 Å². The number of hydrogen-bond acceptors (Lipinski definition) is 9. The molecular formula is C22H28O9. The second kappa shape index (κ2) is 9.51. The Hall–Kier alpha value is -2.88. The van der Waals surface area contributed by atoms with E-state index >= 15 is 0 Å². The number of phenolic OH excluding ortho intramolecular Hbond substituents is 2. The Morgan fingerprint density at radius 1 is 0.645 bits per heavy atom. The van der Waals surface area contributed by atoms with Crippen molar-refractivity contribution in [3.8, 4) is 34.5 Å². The first-order valence-corrected chi connectivity index (χ1v) is 9.70. The van der Waals surface area contributed by atoms with Gasteiger partial charge >= 0.3 is 0 Å². The average molecular weight is 436 g/mol. The number of benzene rings is 2. The van der Waals surface area contributed by atoms with E-state index in [0.717, 1.165) is 0 Å². The minimum absolute atomic E-state index is 0.143. The summed E-state index contributed by atoms with van der Waals surface area (Å²) in [6.45, 7) is -0.492. The first-order chi connectivity index (χ1) is 14.9. The van der Waals surface area contributed by atoms with Crippen LogP contribution in [0.5, 0.6) is 34.5 Å². The van der Waals surface area contributed by atoms with Gasteiger partial charge in [-0.3, -0.25) is 0 Å². The van der Waals surface area contributed by atoms with Crippen LogP contribution in [0.1, 0.15) is 23.3 Å². The van der Waals surface area contributed by atoms with E-state index in [1.54, 1.807) is 24.3 Å². The number of ether oxygens (including phenoxy) is 5. The molecule has 1 aliphatic heterocycles. The molecule has 0 radical (unpaired) electrons. The molecule has 0 aromatic heterocycles. The molecule has 0 aliphatic carbocycles. The molecule has 4 atom stereocenters. The van der Waals surface area contributed by atoms with E-state index in [2.05, 4.69) is 0 Å². The molecule has 2 aromatic rings. The van der Waals surface area contributed by atoms with Crippen molar-refractivity contribution in [2.75, 3.05) is 41.7 Å². The summed E-state index contributed by atoms with van der Waals surface area (Å²) in [5.41, 5.74) is 1.23. The van der Waals surface area contributed by atoms with Crippen molar-refractivity contribution in [3.05, 3.63) is 35.4 Å². The monoisotopic (exact) mass is 436 g/mol. The lowest BCUT2D eigenvalue weighted by Crippen LogP contribution is -2.23. The van der Waals surface area contributed by atoms with Crippen molar-refractivity contribution < 1.29 is 44.1 Å². The SMILES string of the molecule is COc1cc([C@H]2O[C@@H](c3cc(OC)c(O)c(OC)c3)[C@@H](CO)[C@H]2CO)cc(OC)c1O. The molecule has 0 unspecified atom stereocenters. The minimum Gasteiger partial charge on any atom is -0.502 e. The number of aliphatic hydroxyl groups excluding tert-OH is 2. The van der Waals surface area contributed by atoms with Crippen molar-refractivity contribution in [2.24, 2.45) is 11.8 Å². The minimum atomic E-state index is -0.624. The summed E-state index contributed by atoms with van der Waals surface area (Å²) in [7, 11) is 5.69. The Bertz CT molecular complexity index is 790. The molecule has 1 heterocycles. The summed E-state index contributed by atoms with van der Waals surface area (Å²) in [5, 5.41) is 40.7. The molecule has 31 heavy (non-hydrogen) atoms. The quantitative estimate of drug-likeness (QED) is 0.492. The van der Waals surface area contributed by atoms with Crippen LogP contribution in [-0.4, -0.2) is 62.1 Å². The molecule has 0 amide bonds. The summed E-state index contributed by atoms with van der Waals surface area (Å²) in [4.78, 5) is 0. The van der Waals surface area contributed by atoms with Gasteiger partial charge in [-0.05, 0) is 35.4 Å². The van der Waals surface area contributed by atoms with Gasteiger partial charge in [-0.2, -0.15) is 0 Å². The van der Waals surface area contributed by atoms with Gasteiger partial charge in [0.05, 0.1) is 40.6 Å². The van der Waals surface area contributed by atoms with Crippen LogP contribution in [0.3, 0.4) is 0 Å². The molecule has 2 aromatic carbocycles. The van der Waals surface area contributed by atoms with E-state index in [1.165, 1.54) is 28.4 Å². The van der Waals surface area contributed by atoms with Crippen LogP contribution in [0.15, 0.2) is 24.3 Å². The molecule has 1 saturated heterocycles. The molecule has 4 N–H and O–H groups in total. The van der Waals surface area contributed by atoms with Gasteiger partial charge in [0, 0.05) is 25.0 Å². The van der Waals surface area contributed by atoms with E-state index in [4.69, 9.17) is 23.7 Å². The average Bonchev–Trinajstić information content (AvgIpc) is 3.18. The van der Waals surface area contributed by atoms with Crippen LogP contribution in [0.25, 0.3) is 0 Å². The molecule has 170 valence electrons. The predicted molar refractivity (Wildman–Crippen MR) is 110 cm³/mol. The maximum absolute atomic E-state index is 10.2. The molecular weight excluding hydrogens is 408 g/mol. The van der Waals surface area contributed by atoms with Crippen LogP contribution in [0, 0.1) is 11.8 Å². The second-order valence-electron chi connectivity index (χ2n) is 7.22. The maximum atomic E-state index is 10.2. The molecule has 0 spiro atoms. The largest absolute Gasteiger partial charge is 0.502 e. The van der Waals surface area contributed by atoms with Crippen molar-refractivity contribution in [1.82, 2.24) is 0 Å². The Morgan fingerprint density at radius 2 is 0.935 bits per heavy atom. The highest BCUT2D eigenvalue weighted by Gasteiger charge is 2.46. The number of phenols is 2. The molecule has 9 heteroatoms. The van der Waals surface area contributed by atoms with Gasteiger partial charge in [0.15, 0.2) is 23.0 Å². The topological polar surface area (TPSA) is 127 Å². The molecule has 1 aliphatic rings. The number of rotatable bonds is 8. The summed E-state index contributed by atoms with van der Waals surface area (Å²) in [6, 6.07) is 6.44. The van der Waals surface area contributed by atoms with E-state index < -0.39 is 24.0 Å². The van der Waals surface area contributed by atoms with Crippen LogP contribution in [0.4, 0.5) is 0 Å². The number of hydrogen-bond donors (Lipinski definition) is 4. The first-order valence-electron chi connectivity index (χ1n) is 9.70. The second-order valence-corrected chi connectivity index (χ2v) is 7.22. The highest BCUT2D eigenvalue weighted by Crippen LogP contribution is 2.52. The predicted octanol–water partition coefficient (Wildman–Crippen LogP) is 2.16. The van der Waals surface area contributed by atoms with Crippen LogP contribution in [0.2, 0.25) is 0 Å². The third-order valence-electron chi connectivity index (χ3n) is 5.70. The van der Waals surface area contributed by atoms with Gasteiger partial charge in [-0.1, -0.05) is 0 Å². The van der Waals surface area contributed by atoms with Gasteiger partial charge in [-0.25, -0.2) is 0 Å². The van der Waals surface area contributed by atoms with Crippen LogP contribution < -0.4 is 18.9 Å². The third-order valence-corrected chi connectivity index (χ3v) is 5.70. The zero-order valence-electron chi connectivity index (χ0n) is 17.9. The summed E-state index contributed by atoms with van der Waals surface area (Å²) in [5.74, 6) is -0.401. The number of methoxy groups -OCH3 is 4. The third kappa shape index (κ3) is 4.04. The fourth-order valence-corrected chi connectivity index (χ4v) is 4.08. The highest BCUT2D eigenvalue weighted by atomic mass is 16.5. The Kier molecular flexibility index (Phi) is 6.99. The van der Waals surface area contributed by atoms with Gasteiger partial charge in [0.2, 0.25) is 11.5 Å². The zero-order valence-corrected chi connectivity index (χ0v) is 17.9. The van der Waals surface area contributed by atoms with Crippen molar-refractivity contribution in [2.45, 2.75) is 12.2 Å². The molecule has 9 nitrogen and oxygen atoms in total. The Morgan fingerprint density at radius 3 is 1.16 bits per heavy atom. The zero-order chi connectivity index (χ0) is 22.7. The highest BCUT2D eigenvalue weighted by molar-refractivity contribution is 5.55. The first kappa shape index (κ1) is 22.8. The Labute approximate surface area is 180 Å². The molecule has 1 fully saturated rings. The van der Waals surface area contributed by atoms with E-state index in [9.17, 15) is 20.4 Å². The van der Waals surface area contributed by atoms with Crippen LogP contribution >= 0.6 is 0 Å². The summed E-state index contributed by atoms with van der Waals surface area (Å²) < 4.78 is 27.3. The summed E-state index contributed by atoms with van der Waals surface area (Å²) >= 11 is 0. The lowest BCUT2D eigenvalue weighted by atomic mass is 9.83. The fourth-order valence-electron chi connectivity index (χ4n) is 4.08. The van der Waals surface area contributed by atoms with E-state index in [-0.39, 0.29) is 47.7 Å². The lowest BCUT2D eigenvalue weighted by molar-refractivity contribution is 0.0180. The number of aromatic hydroxyl groups is 2. The van der Waals surface area contributed by atoms with E-state index in [1.807, 2.05) is 0 Å². The summed E-state index contributed by atoms with van der Waals surface area (Å²) in [6.07, 6.45) is -1.25. The van der Waals surface area contributed by atoms with Gasteiger partial charge in [0.1, 0.15) is 0 Å². The van der Waals surface area contributed by atoms with Crippen molar-refractivity contribution in [3.63, 3.8) is 0 Å². The lowest BCUT2D eigenvalue weighted by Gasteiger charge is -2.22. The van der Waals surface area contributed by atoms with Crippen molar-refractivity contribution >= 4 is 0 Å². The fraction of sp³-hybridized carbons (Fsp3) is 0.455. The standard InChI is InChI=1S/C22H28O9/c1-27-15-5-11(6-16(28-2)19(15)25)21-13(9-23)14(10-24)22(31-21)12-7-17(29-3)20(26)18(8-12)30-4/h5-8,13-14,21-26H,9-10H2,1-4H3/t13-,14+,21-,22+. The number of aliphatic hydroxyl groups is 2.